The molecule has 3 N–H and O–H groups in total. The number of hydrogen-bond acceptors (Lipinski definition) is 3. The van der Waals surface area contributed by atoms with Gasteiger partial charge in [0.25, 0.3) is 0 Å². The van der Waals surface area contributed by atoms with Gasteiger partial charge in [-0.05, 0) is 42.9 Å². The largest absolute Gasteiger partial charge is 0.494 e. The maximum atomic E-state index is 5.66. The van der Waals surface area contributed by atoms with Crippen LogP contribution in [0.3, 0.4) is 0 Å². The van der Waals surface area contributed by atoms with E-state index in [0.717, 1.165) is 31.6 Å². The van der Waals surface area contributed by atoms with Gasteiger partial charge in [0, 0.05) is 6.04 Å². The average Bonchev–Trinajstić information content (AvgIpc) is 2.41. The van der Waals surface area contributed by atoms with Gasteiger partial charge in [-0.3, -0.25) is 11.3 Å². The number of benzene rings is 1. The van der Waals surface area contributed by atoms with Gasteiger partial charge < -0.3 is 4.74 Å². The molecule has 1 rings (SSSR count). The summed E-state index contributed by atoms with van der Waals surface area (Å²) in [6, 6.07) is 8.50. The number of nitrogens with two attached hydrogens (primary N) is 1. The van der Waals surface area contributed by atoms with Crippen LogP contribution in [0.1, 0.15) is 58.1 Å². The van der Waals surface area contributed by atoms with Crippen LogP contribution in [0.25, 0.3) is 0 Å². The van der Waals surface area contributed by atoms with Crippen molar-refractivity contribution in [2.45, 2.75) is 52.5 Å². The molecular formula is C16H28N2O. The molecule has 0 aliphatic carbocycles. The molecule has 0 saturated heterocycles. The van der Waals surface area contributed by atoms with Gasteiger partial charge in [-0.2, -0.15) is 0 Å². The second-order valence-electron chi connectivity index (χ2n) is 5.46. The fourth-order valence-corrected chi connectivity index (χ4v) is 1.98. The van der Waals surface area contributed by atoms with E-state index in [1.807, 2.05) is 12.1 Å². The first-order chi connectivity index (χ1) is 9.17. The van der Waals surface area contributed by atoms with Crippen LogP contribution in [0.15, 0.2) is 24.3 Å². The zero-order valence-electron chi connectivity index (χ0n) is 12.5. The SMILES string of the molecule is CCCCOc1ccc(C(CCC(C)C)NN)cc1. The molecule has 3 heteroatoms. The molecule has 0 bridgehead atoms. The Labute approximate surface area is 117 Å². The molecule has 1 unspecified atom stereocenters. The molecule has 0 fully saturated rings. The predicted octanol–water partition coefficient (Wildman–Crippen LogP) is 3.81. The van der Waals surface area contributed by atoms with Crippen molar-refractivity contribution in [3.05, 3.63) is 29.8 Å². The van der Waals surface area contributed by atoms with Gasteiger partial charge in [-0.1, -0.05) is 39.3 Å². The van der Waals surface area contributed by atoms with Crippen molar-refractivity contribution < 1.29 is 4.74 Å². The molecule has 1 atom stereocenters. The van der Waals surface area contributed by atoms with Crippen molar-refractivity contribution >= 4 is 0 Å². The van der Waals surface area contributed by atoms with Crippen LogP contribution in [-0.4, -0.2) is 6.61 Å². The highest BCUT2D eigenvalue weighted by atomic mass is 16.5. The summed E-state index contributed by atoms with van der Waals surface area (Å²) in [5.74, 6) is 7.29. The van der Waals surface area contributed by atoms with Crippen LogP contribution in [-0.2, 0) is 0 Å². The van der Waals surface area contributed by atoms with E-state index in [2.05, 4.69) is 38.3 Å². The number of ether oxygens (including phenoxy) is 1. The molecule has 0 spiro atoms. The quantitative estimate of drug-likeness (QED) is 0.405. The predicted molar refractivity (Wildman–Crippen MR) is 81.0 cm³/mol. The van der Waals surface area contributed by atoms with Crippen molar-refractivity contribution in [2.75, 3.05) is 6.61 Å². The molecule has 19 heavy (non-hydrogen) atoms. The van der Waals surface area contributed by atoms with E-state index in [4.69, 9.17) is 10.6 Å². The lowest BCUT2D eigenvalue weighted by atomic mass is 9.98. The summed E-state index contributed by atoms with van der Waals surface area (Å²) in [7, 11) is 0. The van der Waals surface area contributed by atoms with Gasteiger partial charge in [0.2, 0.25) is 0 Å². The first-order valence-electron chi connectivity index (χ1n) is 7.36. The second kappa shape index (κ2) is 8.94. The van der Waals surface area contributed by atoms with Crippen LogP contribution in [0, 0.1) is 5.92 Å². The number of hydrogen-bond donors (Lipinski definition) is 2. The van der Waals surface area contributed by atoms with Crippen molar-refractivity contribution in [1.82, 2.24) is 5.43 Å². The molecule has 3 nitrogen and oxygen atoms in total. The van der Waals surface area contributed by atoms with Crippen molar-refractivity contribution in [2.24, 2.45) is 11.8 Å². The number of unbranched alkanes of at least 4 members (excludes halogenated alkanes) is 1. The van der Waals surface area contributed by atoms with E-state index >= 15 is 0 Å². The highest BCUT2D eigenvalue weighted by Gasteiger charge is 2.10. The molecule has 0 saturated carbocycles. The summed E-state index contributed by atoms with van der Waals surface area (Å²) in [5.41, 5.74) is 4.13. The van der Waals surface area contributed by atoms with Gasteiger partial charge in [0.05, 0.1) is 6.61 Å². The number of hydrazine groups is 1. The summed E-state index contributed by atoms with van der Waals surface area (Å²) in [6.45, 7) is 7.43. The van der Waals surface area contributed by atoms with E-state index in [1.54, 1.807) is 0 Å². The summed E-state index contributed by atoms with van der Waals surface area (Å²) in [6.07, 6.45) is 4.49. The molecule has 0 amide bonds. The fraction of sp³-hybridized carbons (Fsp3) is 0.625. The highest BCUT2D eigenvalue weighted by molar-refractivity contribution is 5.29. The topological polar surface area (TPSA) is 47.3 Å². The minimum Gasteiger partial charge on any atom is -0.494 e. The molecular weight excluding hydrogens is 236 g/mol. The third kappa shape index (κ3) is 6.08. The standard InChI is InChI=1S/C16H28N2O/c1-4-5-12-19-15-9-7-14(8-10-15)16(18-17)11-6-13(2)3/h7-10,13,16,18H,4-6,11-12,17H2,1-3H3. The smallest absolute Gasteiger partial charge is 0.119 e. The average molecular weight is 264 g/mol. The molecule has 0 aliphatic heterocycles. The Morgan fingerprint density at radius 3 is 2.37 bits per heavy atom. The number of nitrogens with one attached hydrogen (secondary N) is 1. The Morgan fingerprint density at radius 2 is 1.84 bits per heavy atom. The van der Waals surface area contributed by atoms with E-state index in [0.29, 0.717) is 5.92 Å². The van der Waals surface area contributed by atoms with E-state index in [-0.39, 0.29) is 6.04 Å². The van der Waals surface area contributed by atoms with Crippen LogP contribution in [0.4, 0.5) is 0 Å². The van der Waals surface area contributed by atoms with E-state index < -0.39 is 0 Å². The summed E-state index contributed by atoms with van der Waals surface area (Å²) in [4.78, 5) is 0. The van der Waals surface area contributed by atoms with Gasteiger partial charge in [0.15, 0.2) is 0 Å². The van der Waals surface area contributed by atoms with E-state index in [9.17, 15) is 0 Å². The maximum absolute atomic E-state index is 5.66. The van der Waals surface area contributed by atoms with Gasteiger partial charge in [-0.15, -0.1) is 0 Å². The van der Waals surface area contributed by atoms with Crippen LogP contribution in [0.2, 0.25) is 0 Å². The Bertz CT molecular complexity index is 335. The molecule has 0 aliphatic rings. The van der Waals surface area contributed by atoms with Gasteiger partial charge in [0.1, 0.15) is 5.75 Å². The third-order valence-corrected chi connectivity index (χ3v) is 3.28. The first-order valence-corrected chi connectivity index (χ1v) is 7.36. The van der Waals surface area contributed by atoms with Crippen LogP contribution in [0.5, 0.6) is 5.75 Å². The Balaban J connectivity index is 2.52. The normalized spacial score (nSPS) is 12.7. The van der Waals surface area contributed by atoms with Crippen LogP contribution >= 0.6 is 0 Å². The summed E-state index contributed by atoms with van der Waals surface area (Å²) < 4.78 is 5.66. The Kier molecular flexibility index (Phi) is 7.53. The third-order valence-electron chi connectivity index (χ3n) is 3.28. The minimum absolute atomic E-state index is 0.229. The lowest BCUT2D eigenvalue weighted by Gasteiger charge is -2.18. The molecule has 1 aromatic carbocycles. The molecule has 0 radical (unpaired) electrons. The molecule has 108 valence electrons. The second-order valence-corrected chi connectivity index (χ2v) is 5.46. The summed E-state index contributed by atoms with van der Waals surface area (Å²) in [5, 5.41) is 0. The van der Waals surface area contributed by atoms with Crippen molar-refractivity contribution in [3.8, 4) is 5.75 Å². The van der Waals surface area contributed by atoms with Gasteiger partial charge in [-0.25, -0.2) is 0 Å². The zero-order valence-corrected chi connectivity index (χ0v) is 12.5. The Morgan fingerprint density at radius 1 is 1.16 bits per heavy atom. The van der Waals surface area contributed by atoms with Gasteiger partial charge >= 0.3 is 0 Å². The lowest BCUT2D eigenvalue weighted by Crippen LogP contribution is -2.28. The van der Waals surface area contributed by atoms with Crippen LogP contribution < -0.4 is 16.0 Å². The fourth-order valence-electron chi connectivity index (χ4n) is 1.98. The minimum atomic E-state index is 0.229. The maximum Gasteiger partial charge on any atom is 0.119 e. The first kappa shape index (κ1) is 16.0. The highest BCUT2D eigenvalue weighted by Crippen LogP contribution is 2.22. The lowest BCUT2D eigenvalue weighted by molar-refractivity contribution is 0.309. The van der Waals surface area contributed by atoms with E-state index in [1.165, 1.54) is 12.0 Å². The Hall–Kier alpha value is -1.06. The molecule has 1 aromatic rings. The molecule has 0 heterocycles. The van der Waals surface area contributed by atoms with Crippen molar-refractivity contribution in [1.29, 1.82) is 0 Å². The molecule has 0 aromatic heterocycles. The number of rotatable bonds is 9. The van der Waals surface area contributed by atoms with Crippen molar-refractivity contribution in [3.63, 3.8) is 0 Å². The zero-order chi connectivity index (χ0) is 14.1. The summed E-state index contributed by atoms with van der Waals surface area (Å²) >= 11 is 0. The monoisotopic (exact) mass is 264 g/mol.